The monoisotopic (exact) mass is 324 g/mol. The third-order valence-electron chi connectivity index (χ3n) is 4.24. The summed E-state index contributed by atoms with van der Waals surface area (Å²) in [6.45, 7) is 6.89. The highest BCUT2D eigenvalue weighted by Gasteiger charge is 2.34. The lowest BCUT2D eigenvalue weighted by molar-refractivity contribution is -0.126. The van der Waals surface area contributed by atoms with Gasteiger partial charge in [-0.2, -0.15) is 0 Å². The second kappa shape index (κ2) is 6.56. The van der Waals surface area contributed by atoms with Crippen molar-refractivity contribution in [3.8, 4) is 5.75 Å². The van der Waals surface area contributed by atoms with Gasteiger partial charge < -0.3 is 15.4 Å². The summed E-state index contributed by atoms with van der Waals surface area (Å²) in [6.07, 6.45) is 0.953. The first-order chi connectivity index (χ1) is 11.5. The van der Waals surface area contributed by atoms with Crippen molar-refractivity contribution in [2.24, 2.45) is 0 Å². The van der Waals surface area contributed by atoms with Crippen molar-refractivity contribution < 1.29 is 9.53 Å². The quantitative estimate of drug-likeness (QED) is 0.874. The van der Waals surface area contributed by atoms with Crippen molar-refractivity contribution in [1.29, 1.82) is 0 Å². The number of hydrogen-bond donors (Lipinski definition) is 1. The molecule has 4 nitrogen and oxygen atoms in total. The number of nitrogens with zero attached hydrogens (tertiary/aromatic N) is 1. The van der Waals surface area contributed by atoms with Crippen LogP contribution < -0.4 is 15.4 Å². The lowest BCUT2D eigenvalue weighted by atomic mass is 10.0. The van der Waals surface area contributed by atoms with E-state index in [1.165, 1.54) is 11.1 Å². The first-order valence-corrected chi connectivity index (χ1v) is 8.42. The molecular formula is C20H24N2O2. The van der Waals surface area contributed by atoms with Crippen molar-refractivity contribution in [2.45, 2.75) is 39.7 Å². The molecule has 2 N–H and O–H groups in total. The van der Waals surface area contributed by atoms with Crippen molar-refractivity contribution in [2.75, 3.05) is 17.2 Å². The molecule has 2 aromatic carbocycles. The number of carbonyl (C=O) groups is 1. The zero-order chi connectivity index (χ0) is 17.3. The molecule has 0 saturated heterocycles. The van der Waals surface area contributed by atoms with Crippen LogP contribution in [0.1, 0.15) is 30.0 Å². The van der Waals surface area contributed by atoms with Crippen molar-refractivity contribution >= 4 is 17.3 Å². The fraction of sp³-hybridized carbons (Fsp3) is 0.350. The molecule has 0 saturated carbocycles. The van der Waals surface area contributed by atoms with Crippen LogP contribution in [0.4, 0.5) is 11.4 Å². The summed E-state index contributed by atoms with van der Waals surface area (Å²) < 4.78 is 6.01. The van der Waals surface area contributed by atoms with E-state index in [9.17, 15) is 4.79 Å². The summed E-state index contributed by atoms with van der Waals surface area (Å²) in [5.41, 5.74) is 10.9. The lowest BCUT2D eigenvalue weighted by Gasteiger charge is -2.34. The molecule has 2 aromatic rings. The van der Waals surface area contributed by atoms with Crippen LogP contribution in [0.25, 0.3) is 0 Å². The predicted octanol–water partition coefficient (Wildman–Crippen LogP) is 3.63. The fourth-order valence-corrected chi connectivity index (χ4v) is 3.33. The van der Waals surface area contributed by atoms with Crippen LogP contribution in [0.5, 0.6) is 5.75 Å². The molecular weight excluding hydrogens is 300 g/mol. The van der Waals surface area contributed by atoms with E-state index in [0.717, 1.165) is 17.7 Å². The Morgan fingerprint density at radius 1 is 1.12 bits per heavy atom. The summed E-state index contributed by atoms with van der Waals surface area (Å²) in [5, 5.41) is 0. The van der Waals surface area contributed by atoms with E-state index in [2.05, 4.69) is 39.0 Å². The molecule has 1 unspecified atom stereocenters. The predicted molar refractivity (Wildman–Crippen MR) is 97.5 cm³/mol. The summed E-state index contributed by atoms with van der Waals surface area (Å²) in [5.74, 6) is 0.714. The Balaban J connectivity index is 1.93. The van der Waals surface area contributed by atoms with Gasteiger partial charge in [-0.05, 0) is 38.0 Å². The fourth-order valence-electron chi connectivity index (χ4n) is 3.33. The number of nitrogens with two attached hydrogens (primary N) is 1. The molecule has 1 aliphatic heterocycles. The number of benzene rings is 2. The second-order valence-corrected chi connectivity index (χ2v) is 6.52. The van der Waals surface area contributed by atoms with Crippen LogP contribution in [0, 0.1) is 13.8 Å². The topological polar surface area (TPSA) is 55.6 Å². The number of hydrogen-bond acceptors (Lipinski definition) is 3. The highest BCUT2D eigenvalue weighted by atomic mass is 16.5. The standard InChI is InChI=1S/C20H24N2O2/c1-4-7-22-17-6-5-16(21)12-18(17)24-19(20(22)23)11-15-9-13(2)8-14(3)10-15/h5-6,8-10,12,19H,4,7,11,21H2,1-3H3. The molecule has 0 aromatic heterocycles. The molecule has 3 rings (SSSR count). The molecule has 1 heterocycles. The Kier molecular flexibility index (Phi) is 4.47. The minimum absolute atomic E-state index is 0.0216. The first-order valence-electron chi connectivity index (χ1n) is 8.42. The van der Waals surface area contributed by atoms with Gasteiger partial charge in [0.1, 0.15) is 5.75 Å². The Bertz CT molecular complexity index is 750. The molecule has 0 radical (unpaired) electrons. The van der Waals surface area contributed by atoms with Gasteiger partial charge in [-0.15, -0.1) is 0 Å². The van der Waals surface area contributed by atoms with Gasteiger partial charge in [-0.3, -0.25) is 4.79 Å². The van der Waals surface area contributed by atoms with Gasteiger partial charge in [-0.1, -0.05) is 36.2 Å². The van der Waals surface area contributed by atoms with E-state index in [1.807, 2.05) is 17.0 Å². The largest absolute Gasteiger partial charge is 0.478 e. The van der Waals surface area contributed by atoms with E-state index in [4.69, 9.17) is 10.5 Å². The molecule has 0 spiro atoms. The van der Waals surface area contributed by atoms with Crippen molar-refractivity contribution in [3.63, 3.8) is 0 Å². The summed E-state index contributed by atoms with van der Waals surface area (Å²) in [4.78, 5) is 14.7. The number of aryl methyl sites for hydroxylation is 2. The van der Waals surface area contributed by atoms with Crippen LogP contribution in [-0.4, -0.2) is 18.6 Å². The molecule has 126 valence electrons. The van der Waals surface area contributed by atoms with Gasteiger partial charge in [0.15, 0.2) is 6.10 Å². The first kappa shape index (κ1) is 16.4. The van der Waals surface area contributed by atoms with E-state index in [0.29, 0.717) is 24.4 Å². The van der Waals surface area contributed by atoms with Crippen molar-refractivity contribution in [1.82, 2.24) is 0 Å². The summed E-state index contributed by atoms with van der Waals surface area (Å²) in [7, 11) is 0. The SMILES string of the molecule is CCCN1C(=O)C(Cc2cc(C)cc(C)c2)Oc2cc(N)ccc21. The molecule has 1 aliphatic rings. The number of amides is 1. The van der Waals surface area contributed by atoms with Crippen molar-refractivity contribution in [3.05, 3.63) is 53.1 Å². The molecule has 1 amide bonds. The highest BCUT2D eigenvalue weighted by molar-refractivity contribution is 6.00. The zero-order valence-electron chi connectivity index (χ0n) is 14.5. The second-order valence-electron chi connectivity index (χ2n) is 6.52. The average molecular weight is 324 g/mol. The van der Waals surface area contributed by atoms with E-state index >= 15 is 0 Å². The van der Waals surface area contributed by atoms with E-state index in [1.54, 1.807) is 6.07 Å². The Hall–Kier alpha value is -2.49. The Morgan fingerprint density at radius 2 is 1.83 bits per heavy atom. The average Bonchev–Trinajstić information content (AvgIpc) is 2.50. The summed E-state index contributed by atoms with van der Waals surface area (Å²) >= 11 is 0. The Morgan fingerprint density at radius 3 is 2.50 bits per heavy atom. The maximum atomic E-state index is 12.9. The minimum atomic E-state index is -0.507. The number of ether oxygens (including phenoxy) is 1. The number of carbonyl (C=O) groups excluding carboxylic acids is 1. The van der Waals surface area contributed by atoms with Crippen LogP contribution in [0.2, 0.25) is 0 Å². The van der Waals surface area contributed by atoms with Crippen LogP contribution in [0.15, 0.2) is 36.4 Å². The zero-order valence-corrected chi connectivity index (χ0v) is 14.5. The molecule has 1 atom stereocenters. The maximum Gasteiger partial charge on any atom is 0.268 e. The molecule has 0 aliphatic carbocycles. The Labute approximate surface area is 143 Å². The van der Waals surface area contributed by atoms with E-state index in [-0.39, 0.29) is 5.91 Å². The van der Waals surface area contributed by atoms with Crippen LogP contribution >= 0.6 is 0 Å². The maximum absolute atomic E-state index is 12.9. The number of nitrogen functional groups attached to an aromatic ring is 1. The minimum Gasteiger partial charge on any atom is -0.478 e. The highest BCUT2D eigenvalue weighted by Crippen LogP contribution is 2.36. The number of anilines is 2. The third-order valence-corrected chi connectivity index (χ3v) is 4.24. The molecule has 0 fully saturated rings. The lowest BCUT2D eigenvalue weighted by Crippen LogP contribution is -2.47. The van der Waals surface area contributed by atoms with Gasteiger partial charge >= 0.3 is 0 Å². The van der Waals surface area contributed by atoms with Gasteiger partial charge in [0.25, 0.3) is 5.91 Å². The number of fused-ring (bicyclic) bond motifs is 1. The van der Waals surface area contributed by atoms with Gasteiger partial charge in [0.05, 0.1) is 5.69 Å². The van der Waals surface area contributed by atoms with Crippen LogP contribution in [0.3, 0.4) is 0 Å². The van der Waals surface area contributed by atoms with Gasteiger partial charge in [-0.25, -0.2) is 0 Å². The number of rotatable bonds is 4. The van der Waals surface area contributed by atoms with Gasteiger partial charge in [0, 0.05) is 24.7 Å². The third kappa shape index (κ3) is 3.23. The molecule has 4 heteroatoms. The normalized spacial score (nSPS) is 16.7. The van der Waals surface area contributed by atoms with Crippen LogP contribution in [-0.2, 0) is 11.2 Å². The summed E-state index contributed by atoms with van der Waals surface area (Å²) in [6, 6.07) is 11.8. The molecule has 24 heavy (non-hydrogen) atoms. The van der Waals surface area contributed by atoms with E-state index < -0.39 is 6.10 Å². The van der Waals surface area contributed by atoms with Gasteiger partial charge in [0.2, 0.25) is 0 Å². The smallest absolute Gasteiger partial charge is 0.268 e. The molecule has 0 bridgehead atoms.